The standard InChI is InChI=1S/C16H15ClN2O2/c1-2-21-16(20)14(12-6-4-3-5-7-12)11-19-13-8-9-18-15(17)10-13/h3-11H,2H2,1H3,(H,18,19). The van der Waals surface area contributed by atoms with Gasteiger partial charge in [0.1, 0.15) is 5.15 Å². The molecule has 1 heterocycles. The van der Waals surface area contributed by atoms with E-state index in [4.69, 9.17) is 16.3 Å². The van der Waals surface area contributed by atoms with Gasteiger partial charge in [-0.05, 0) is 24.6 Å². The molecule has 4 nitrogen and oxygen atoms in total. The van der Waals surface area contributed by atoms with E-state index in [0.29, 0.717) is 17.3 Å². The van der Waals surface area contributed by atoms with Crippen molar-refractivity contribution >= 4 is 28.8 Å². The lowest BCUT2D eigenvalue weighted by atomic mass is 10.1. The summed E-state index contributed by atoms with van der Waals surface area (Å²) in [5, 5.41) is 3.42. The molecule has 2 aromatic rings. The number of carbonyl (C=O) groups excluding carboxylic acids is 1. The van der Waals surface area contributed by atoms with Crippen LogP contribution in [-0.2, 0) is 9.53 Å². The molecule has 1 N–H and O–H groups in total. The molecular weight excluding hydrogens is 288 g/mol. The van der Waals surface area contributed by atoms with Gasteiger partial charge in [-0.1, -0.05) is 41.9 Å². The van der Waals surface area contributed by atoms with Crippen molar-refractivity contribution in [1.82, 2.24) is 4.98 Å². The van der Waals surface area contributed by atoms with Gasteiger partial charge in [0.05, 0.1) is 12.2 Å². The van der Waals surface area contributed by atoms with Crippen molar-refractivity contribution in [2.45, 2.75) is 6.92 Å². The van der Waals surface area contributed by atoms with E-state index in [0.717, 1.165) is 11.3 Å². The molecule has 0 bridgehead atoms. The number of anilines is 1. The lowest BCUT2D eigenvalue weighted by molar-refractivity contribution is -0.136. The van der Waals surface area contributed by atoms with Gasteiger partial charge in [-0.3, -0.25) is 0 Å². The van der Waals surface area contributed by atoms with Gasteiger partial charge in [-0.25, -0.2) is 9.78 Å². The first kappa shape index (κ1) is 15.1. The minimum absolute atomic E-state index is 0.324. The van der Waals surface area contributed by atoms with E-state index in [-0.39, 0.29) is 5.97 Å². The fourth-order valence-electron chi connectivity index (χ4n) is 1.73. The maximum Gasteiger partial charge on any atom is 0.340 e. The van der Waals surface area contributed by atoms with E-state index in [9.17, 15) is 4.79 Å². The van der Waals surface area contributed by atoms with Crippen molar-refractivity contribution in [2.75, 3.05) is 11.9 Å². The van der Waals surface area contributed by atoms with Gasteiger partial charge in [0.25, 0.3) is 0 Å². The zero-order valence-corrected chi connectivity index (χ0v) is 12.3. The maximum atomic E-state index is 12.1. The van der Waals surface area contributed by atoms with Crippen molar-refractivity contribution in [3.8, 4) is 0 Å². The minimum Gasteiger partial charge on any atom is -0.462 e. The Morgan fingerprint density at radius 3 is 2.76 bits per heavy atom. The first-order valence-electron chi connectivity index (χ1n) is 6.51. The lowest BCUT2D eigenvalue weighted by Crippen LogP contribution is -2.08. The molecule has 0 aliphatic carbocycles. The second kappa shape index (κ2) is 7.45. The maximum absolute atomic E-state index is 12.1. The summed E-state index contributed by atoms with van der Waals surface area (Å²) in [6.45, 7) is 2.10. The van der Waals surface area contributed by atoms with Crippen LogP contribution in [0.3, 0.4) is 0 Å². The highest BCUT2D eigenvalue weighted by atomic mass is 35.5. The monoisotopic (exact) mass is 302 g/mol. The Morgan fingerprint density at radius 2 is 2.10 bits per heavy atom. The molecule has 21 heavy (non-hydrogen) atoms. The third-order valence-electron chi connectivity index (χ3n) is 2.69. The number of ether oxygens (including phenoxy) is 1. The quantitative estimate of drug-likeness (QED) is 0.519. The summed E-state index contributed by atoms with van der Waals surface area (Å²) >= 11 is 5.83. The Hall–Kier alpha value is -2.33. The SMILES string of the molecule is CCOC(=O)C(=CNc1ccnc(Cl)c1)c1ccccc1. The highest BCUT2D eigenvalue weighted by molar-refractivity contribution is 6.29. The molecule has 1 aromatic carbocycles. The topological polar surface area (TPSA) is 51.2 Å². The molecule has 0 radical (unpaired) electrons. The predicted octanol–water partition coefficient (Wildman–Crippen LogP) is 3.75. The van der Waals surface area contributed by atoms with E-state index >= 15 is 0 Å². The van der Waals surface area contributed by atoms with Crippen LogP contribution < -0.4 is 5.32 Å². The molecule has 0 spiro atoms. The van der Waals surface area contributed by atoms with Gasteiger partial charge in [0.2, 0.25) is 0 Å². The average Bonchev–Trinajstić information content (AvgIpc) is 2.49. The third kappa shape index (κ3) is 4.33. The summed E-state index contributed by atoms with van der Waals surface area (Å²) < 4.78 is 5.08. The number of aromatic nitrogens is 1. The van der Waals surface area contributed by atoms with Crippen LogP contribution in [0.25, 0.3) is 5.57 Å². The summed E-state index contributed by atoms with van der Waals surface area (Å²) in [4.78, 5) is 16.0. The summed E-state index contributed by atoms with van der Waals surface area (Å²) in [6.07, 6.45) is 3.20. The van der Waals surface area contributed by atoms with Crippen LogP contribution in [0.1, 0.15) is 12.5 Å². The van der Waals surface area contributed by atoms with Gasteiger partial charge in [0.15, 0.2) is 0 Å². The Kier molecular flexibility index (Phi) is 5.35. The Labute approximate surface area is 128 Å². The summed E-state index contributed by atoms with van der Waals surface area (Å²) in [6, 6.07) is 12.8. The van der Waals surface area contributed by atoms with Crippen molar-refractivity contribution in [3.63, 3.8) is 0 Å². The molecule has 1 aromatic heterocycles. The van der Waals surface area contributed by atoms with Crippen LogP contribution >= 0.6 is 11.6 Å². The molecule has 108 valence electrons. The number of esters is 1. The van der Waals surface area contributed by atoms with Crippen molar-refractivity contribution in [1.29, 1.82) is 0 Å². The van der Waals surface area contributed by atoms with Crippen LogP contribution in [0, 0.1) is 0 Å². The number of nitrogens with zero attached hydrogens (tertiary/aromatic N) is 1. The second-order valence-electron chi connectivity index (χ2n) is 4.16. The van der Waals surface area contributed by atoms with Crippen molar-refractivity contribution in [2.24, 2.45) is 0 Å². The van der Waals surface area contributed by atoms with Crippen LogP contribution in [0.2, 0.25) is 5.15 Å². The number of nitrogens with one attached hydrogen (secondary N) is 1. The van der Waals surface area contributed by atoms with Crippen LogP contribution in [0.15, 0.2) is 54.9 Å². The van der Waals surface area contributed by atoms with Crippen molar-refractivity contribution in [3.05, 3.63) is 65.6 Å². The molecule has 0 saturated heterocycles. The average molecular weight is 303 g/mol. The number of carbonyl (C=O) groups is 1. The summed E-state index contributed by atoms with van der Waals surface area (Å²) in [5.41, 5.74) is 1.97. The van der Waals surface area contributed by atoms with Gasteiger partial charge < -0.3 is 10.1 Å². The first-order valence-corrected chi connectivity index (χ1v) is 6.89. The van der Waals surface area contributed by atoms with Gasteiger partial charge in [-0.15, -0.1) is 0 Å². The molecular formula is C16H15ClN2O2. The Bertz CT molecular complexity index is 642. The highest BCUT2D eigenvalue weighted by Gasteiger charge is 2.12. The van der Waals surface area contributed by atoms with Crippen molar-refractivity contribution < 1.29 is 9.53 Å². The summed E-state index contributed by atoms with van der Waals surface area (Å²) in [7, 11) is 0. The first-order chi connectivity index (χ1) is 10.2. The molecule has 2 rings (SSSR count). The zero-order chi connectivity index (χ0) is 15.1. The Morgan fingerprint density at radius 1 is 1.33 bits per heavy atom. The van der Waals surface area contributed by atoms with Crippen LogP contribution in [0.5, 0.6) is 0 Å². The molecule has 0 aliphatic rings. The molecule has 0 aliphatic heterocycles. The number of hydrogen-bond donors (Lipinski definition) is 1. The zero-order valence-electron chi connectivity index (χ0n) is 11.5. The number of benzene rings is 1. The van der Waals surface area contributed by atoms with E-state index in [1.807, 2.05) is 30.3 Å². The molecule has 0 unspecified atom stereocenters. The molecule has 5 heteroatoms. The number of halogens is 1. The largest absolute Gasteiger partial charge is 0.462 e. The van der Waals surface area contributed by atoms with Gasteiger partial charge in [-0.2, -0.15) is 0 Å². The molecule has 0 atom stereocenters. The smallest absolute Gasteiger partial charge is 0.340 e. The fourth-order valence-corrected chi connectivity index (χ4v) is 1.91. The number of hydrogen-bond acceptors (Lipinski definition) is 4. The van der Waals surface area contributed by atoms with Crippen LogP contribution in [0.4, 0.5) is 5.69 Å². The lowest BCUT2D eigenvalue weighted by Gasteiger charge is -2.08. The van der Waals surface area contributed by atoms with Gasteiger partial charge >= 0.3 is 5.97 Å². The number of pyridine rings is 1. The van der Waals surface area contributed by atoms with E-state index in [1.165, 1.54) is 0 Å². The predicted molar refractivity (Wildman–Crippen MR) is 83.9 cm³/mol. The van der Waals surface area contributed by atoms with Crippen LogP contribution in [-0.4, -0.2) is 17.6 Å². The highest BCUT2D eigenvalue weighted by Crippen LogP contribution is 2.18. The molecule has 0 amide bonds. The molecule has 0 fully saturated rings. The van der Waals surface area contributed by atoms with E-state index in [1.54, 1.807) is 31.5 Å². The summed E-state index contributed by atoms with van der Waals surface area (Å²) in [5.74, 6) is -0.378. The second-order valence-corrected chi connectivity index (χ2v) is 4.54. The Balaban J connectivity index is 2.27. The normalized spacial score (nSPS) is 11.0. The van der Waals surface area contributed by atoms with E-state index < -0.39 is 0 Å². The van der Waals surface area contributed by atoms with E-state index in [2.05, 4.69) is 10.3 Å². The third-order valence-corrected chi connectivity index (χ3v) is 2.90. The van der Waals surface area contributed by atoms with Gasteiger partial charge in [0, 0.05) is 18.1 Å². The molecule has 0 saturated carbocycles. The fraction of sp³-hybridized carbons (Fsp3) is 0.125. The number of rotatable bonds is 5. The minimum atomic E-state index is -0.378.